The summed E-state index contributed by atoms with van der Waals surface area (Å²) in [4.78, 5) is 32.3. The fourth-order valence-corrected chi connectivity index (χ4v) is 2.98. The van der Waals surface area contributed by atoms with Gasteiger partial charge in [0, 0.05) is 16.0 Å². The minimum absolute atomic E-state index is 0.0793. The Morgan fingerprint density at radius 2 is 1.81 bits per heavy atom. The molecule has 0 unspecified atom stereocenters. The van der Waals surface area contributed by atoms with Gasteiger partial charge in [0.05, 0.1) is 24.0 Å². The number of rotatable bonds is 5. The molecule has 26 heavy (non-hydrogen) atoms. The lowest BCUT2D eigenvalue weighted by Crippen LogP contribution is -2.15. The molecule has 2 aromatic heterocycles. The van der Waals surface area contributed by atoms with Crippen molar-refractivity contribution in [1.29, 1.82) is 0 Å². The fourth-order valence-electron chi connectivity index (χ4n) is 2.04. The Hall–Kier alpha value is -2.48. The van der Waals surface area contributed by atoms with Crippen LogP contribution in [0.5, 0.6) is 0 Å². The van der Waals surface area contributed by atoms with Gasteiger partial charge < -0.3 is 5.32 Å². The zero-order chi connectivity index (χ0) is 18.5. The van der Waals surface area contributed by atoms with Crippen LogP contribution < -0.4 is 10.6 Å². The summed E-state index contributed by atoms with van der Waals surface area (Å²) < 4.78 is 0. The quantitative estimate of drug-likeness (QED) is 0.619. The Morgan fingerprint density at radius 3 is 2.50 bits per heavy atom. The third-order valence-corrected chi connectivity index (χ3v) is 4.51. The fraction of sp³-hybridized carbons (Fsp3) is 0.0588. The highest BCUT2D eigenvalue weighted by Crippen LogP contribution is 2.18. The van der Waals surface area contributed by atoms with Gasteiger partial charge in [-0.25, -0.2) is 9.97 Å². The molecule has 132 valence electrons. The molecule has 3 rings (SSSR count). The van der Waals surface area contributed by atoms with Crippen molar-refractivity contribution >= 4 is 57.2 Å². The van der Waals surface area contributed by atoms with Gasteiger partial charge in [0.1, 0.15) is 5.15 Å². The van der Waals surface area contributed by atoms with E-state index in [1.807, 2.05) is 0 Å². The standard InChI is InChI=1S/C17H12Cl2N4O2S/c18-11-3-1-10(2-4-11)16(25)23-17-22-13(9-26-17)7-15(24)21-12-5-6-14(19)20-8-12/h1-6,8-9H,7H2,(H,21,24)(H,22,23,25). The van der Waals surface area contributed by atoms with Crippen molar-refractivity contribution in [3.63, 3.8) is 0 Å². The van der Waals surface area contributed by atoms with E-state index in [0.717, 1.165) is 0 Å². The number of amides is 2. The third kappa shape index (κ3) is 5.01. The number of thiazole rings is 1. The number of carbonyl (C=O) groups excluding carboxylic acids is 2. The van der Waals surface area contributed by atoms with Gasteiger partial charge in [-0.15, -0.1) is 11.3 Å². The SMILES string of the molecule is O=C(Cc1csc(NC(=O)c2ccc(Cl)cc2)n1)Nc1ccc(Cl)nc1. The van der Waals surface area contributed by atoms with Crippen molar-refractivity contribution in [3.05, 3.63) is 69.4 Å². The Morgan fingerprint density at radius 1 is 1.04 bits per heavy atom. The summed E-state index contributed by atoms with van der Waals surface area (Å²) in [5.41, 5.74) is 1.57. The molecule has 0 saturated heterocycles. The van der Waals surface area contributed by atoms with Gasteiger partial charge in [-0.2, -0.15) is 0 Å². The van der Waals surface area contributed by atoms with Crippen LogP contribution in [-0.2, 0) is 11.2 Å². The largest absolute Gasteiger partial charge is 0.324 e. The number of anilines is 2. The predicted molar refractivity (Wildman–Crippen MR) is 103 cm³/mol. The summed E-state index contributed by atoms with van der Waals surface area (Å²) in [6, 6.07) is 9.77. The molecule has 0 spiro atoms. The molecule has 0 fully saturated rings. The zero-order valence-electron chi connectivity index (χ0n) is 13.2. The molecular weight excluding hydrogens is 395 g/mol. The molecule has 0 aliphatic carbocycles. The topological polar surface area (TPSA) is 84.0 Å². The van der Waals surface area contributed by atoms with E-state index < -0.39 is 0 Å². The molecule has 3 aromatic rings. The second-order valence-electron chi connectivity index (χ2n) is 5.20. The number of carbonyl (C=O) groups is 2. The van der Waals surface area contributed by atoms with Crippen molar-refractivity contribution in [2.75, 3.05) is 10.6 Å². The van der Waals surface area contributed by atoms with E-state index in [0.29, 0.717) is 32.3 Å². The smallest absolute Gasteiger partial charge is 0.257 e. The molecule has 9 heteroatoms. The number of halogens is 2. The van der Waals surface area contributed by atoms with Crippen LogP contribution in [0.2, 0.25) is 10.2 Å². The molecule has 6 nitrogen and oxygen atoms in total. The van der Waals surface area contributed by atoms with Gasteiger partial charge in [0.2, 0.25) is 5.91 Å². The second kappa shape index (κ2) is 8.27. The number of pyridine rings is 1. The van der Waals surface area contributed by atoms with Gasteiger partial charge in [0.25, 0.3) is 5.91 Å². The molecule has 0 aliphatic rings. The molecule has 0 atom stereocenters. The van der Waals surface area contributed by atoms with Crippen LogP contribution in [0, 0.1) is 0 Å². The minimum Gasteiger partial charge on any atom is -0.324 e. The Labute approximate surface area is 163 Å². The van der Waals surface area contributed by atoms with Gasteiger partial charge >= 0.3 is 0 Å². The number of hydrogen-bond donors (Lipinski definition) is 2. The number of aromatic nitrogens is 2. The molecule has 0 aliphatic heterocycles. The van der Waals surface area contributed by atoms with E-state index in [-0.39, 0.29) is 18.2 Å². The van der Waals surface area contributed by atoms with Crippen molar-refractivity contribution in [1.82, 2.24) is 9.97 Å². The molecule has 2 N–H and O–H groups in total. The summed E-state index contributed by atoms with van der Waals surface area (Å²) in [6.07, 6.45) is 1.55. The van der Waals surface area contributed by atoms with Crippen molar-refractivity contribution in [2.45, 2.75) is 6.42 Å². The summed E-state index contributed by atoms with van der Waals surface area (Å²) in [7, 11) is 0. The molecule has 0 bridgehead atoms. The first-order valence-corrected chi connectivity index (χ1v) is 9.06. The van der Waals surface area contributed by atoms with Crippen LogP contribution in [0.4, 0.5) is 10.8 Å². The highest BCUT2D eigenvalue weighted by Gasteiger charge is 2.11. The molecule has 0 saturated carbocycles. The van der Waals surface area contributed by atoms with E-state index in [2.05, 4.69) is 20.6 Å². The number of hydrogen-bond acceptors (Lipinski definition) is 5. The lowest BCUT2D eigenvalue weighted by Gasteiger charge is -2.03. The maximum absolute atomic E-state index is 12.1. The normalized spacial score (nSPS) is 10.4. The highest BCUT2D eigenvalue weighted by molar-refractivity contribution is 7.14. The Balaban J connectivity index is 1.57. The van der Waals surface area contributed by atoms with E-state index in [1.165, 1.54) is 17.5 Å². The highest BCUT2D eigenvalue weighted by atomic mass is 35.5. The van der Waals surface area contributed by atoms with Crippen LogP contribution in [0.3, 0.4) is 0 Å². The summed E-state index contributed by atoms with van der Waals surface area (Å²) in [5.74, 6) is -0.533. The van der Waals surface area contributed by atoms with E-state index in [9.17, 15) is 9.59 Å². The second-order valence-corrected chi connectivity index (χ2v) is 6.88. The van der Waals surface area contributed by atoms with Gasteiger partial charge in [-0.1, -0.05) is 23.2 Å². The molecule has 2 heterocycles. The Bertz CT molecular complexity index is 927. The van der Waals surface area contributed by atoms with Crippen LogP contribution in [-0.4, -0.2) is 21.8 Å². The zero-order valence-corrected chi connectivity index (χ0v) is 15.5. The van der Waals surface area contributed by atoms with Crippen molar-refractivity contribution in [2.24, 2.45) is 0 Å². The van der Waals surface area contributed by atoms with E-state index in [1.54, 1.807) is 41.8 Å². The average molecular weight is 407 g/mol. The van der Waals surface area contributed by atoms with Crippen LogP contribution in [0.1, 0.15) is 16.1 Å². The molecule has 2 amide bonds. The minimum atomic E-state index is -0.292. The molecule has 0 radical (unpaired) electrons. The van der Waals surface area contributed by atoms with Crippen molar-refractivity contribution in [3.8, 4) is 0 Å². The van der Waals surface area contributed by atoms with Crippen LogP contribution >= 0.6 is 34.5 Å². The lowest BCUT2D eigenvalue weighted by atomic mass is 10.2. The molecular formula is C17H12Cl2N4O2S. The average Bonchev–Trinajstić information content (AvgIpc) is 3.04. The first-order valence-electron chi connectivity index (χ1n) is 7.42. The summed E-state index contributed by atoms with van der Waals surface area (Å²) >= 11 is 12.8. The lowest BCUT2D eigenvalue weighted by molar-refractivity contribution is -0.115. The number of benzene rings is 1. The van der Waals surface area contributed by atoms with E-state index >= 15 is 0 Å². The van der Waals surface area contributed by atoms with Crippen LogP contribution in [0.15, 0.2) is 48.0 Å². The molecule has 1 aromatic carbocycles. The van der Waals surface area contributed by atoms with Gasteiger partial charge in [0.15, 0.2) is 5.13 Å². The maximum Gasteiger partial charge on any atom is 0.257 e. The maximum atomic E-state index is 12.1. The van der Waals surface area contributed by atoms with E-state index in [4.69, 9.17) is 23.2 Å². The summed E-state index contributed by atoms with van der Waals surface area (Å²) in [5, 5.41) is 8.44. The van der Waals surface area contributed by atoms with Gasteiger partial charge in [-0.05, 0) is 36.4 Å². The third-order valence-electron chi connectivity index (χ3n) is 3.23. The first-order chi connectivity index (χ1) is 12.5. The monoisotopic (exact) mass is 406 g/mol. The Kier molecular flexibility index (Phi) is 5.82. The number of nitrogens with zero attached hydrogens (tertiary/aromatic N) is 2. The predicted octanol–water partition coefficient (Wildman–Crippen LogP) is 4.28. The van der Waals surface area contributed by atoms with Crippen LogP contribution in [0.25, 0.3) is 0 Å². The first kappa shape index (κ1) is 18.3. The van der Waals surface area contributed by atoms with Gasteiger partial charge in [-0.3, -0.25) is 14.9 Å². The summed E-state index contributed by atoms with van der Waals surface area (Å²) in [6.45, 7) is 0. The number of nitrogens with one attached hydrogen (secondary N) is 2. The van der Waals surface area contributed by atoms with Crippen molar-refractivity contribution < 1.29 is 9.59 Å².